The van der Waals surface area contributed by atoms with Gasteiger partial charge in [-0.25, -0.2) is 0 Å². The second kappa shape index (κ2) is 4.26. The monoisotopic (exact) mass is 238 g/mol. The highest BCUT2D eigenvalue weighted by Gasteiger charge is 2.39. The molecule has 0 radical (unpaired) electrons. The van der Waals surface area contributed by atoms with Crippen molar-refractivity contribution in [3.8, 4) is 0 Å². The normalized spacial score (nSPS) is 37.8. The van der Waals surface area contributed by atoms with Crippen molar-refractivity contribution in [1.82, 2.24) is 0 Å². The van der Waals surface area contributed by atoms with E-state index in [1.165, 1.54) is 44.9 Å². The van der Waals surface area contributed by atoms with Crippen molar-refractivity contribution < 1.29 is 0 Å². The zero-order chi connectivity index (χ0) is 11.9. The Morgan fingerprint density at radius 2 is 2.00 bits per heavy atom. The van der Waals surface area contributed by atoms with E-state index in [0.29, 0.717) is 0 Å². The van der Waals surface area contributed by atoms with Crippen LogP contribution in [0.4, 0.5) is 0 Å². The third-order valence-electron chi connectivity index (χ3n) is 5.49. The maximum Gasteiger partial charge on any atom is -0.0127 e. The summed E-state index contributed by atoms with van der Waals surface area (Å²) in [5, 5.41) is 0. The van der Waals surface area contributed by atoms with Gasteiger partial charge in [0, 0.05) is 0 Å². The summed E-state index contributed by atoms with van der Waals surface area (Å²) in [5.41, 5.74) is 5.17. The number of rotatable bonds is 1. The molecule has 0 spiro atoms. The minimum Gasteiger partial charge on any atom is -0.0840 e. The minimum atomic E-state index is 0.857. The Balaban J connectivity index is 1.54. The second-order valence-electron chi connectivity index (χ2n) is 6.42. The summed E-state index contributed by atoms with van der Waals surface area (Å²) >= 11 is 0. The van der Waals surface area contributed by atoms with E-state index in [1.54, 1.807) is 11.1 Å². The molecule has 0 amide bonds. The zero-order valence-electron chi connectivity index (χ0n) is 11.1. The summed E-state index contributed by atoms with van der Waals surface area (Å²) in [4.78, 5) is 0. The molecule has 4 aliphatic rings. The molecule has 0 heterocycles. The van der Waals surface area contributed by atoms with E-state index >= 15 is 0 Å². The molecule has 0 N–H and O–H groups in total. The van der Waals surface area contributed by atoms with Crippen LogP contribution in [0.1, 0.15) is 44.9 Å². The van der Waals surface area contributed by atoms with Gasteiger partial charge < -0.3 is 0 Å². The smallest absolute Gasteiger partial charge is 0.0127 e. The lowest BCUT2D eigenvalue weighted by atomic mass is 9.70. The molecule has 0 saturated heterocycles. The van der Waals surface area contributed by atoms with Crippen LogP contribution >= 0.6 is 0 Å². The van der Waals surface area contributed by atoms with E-state index in [-0.39, 0.29) is 0 Å². The van der Waals surface area contributed by atoms with Crippen LogP contribution in [0, 0.1) is 17.8 Å². The third-order valence-corrected chi connectivity index (χ3v) is 5.49. The Bertz CT molecular complexity index is 472. The molecule has 1 saturated carbocycles. The molecule has 4 rings (SSSR count). The quantitative estimate of drug-likeness (QED) is 0.606. The van der Waals surface area contributed by atoms with Crippen LogP contribution in [0.25, 0.3) is 0 Å². The van der Waals surface area contributed by atoms with Crippen LogP contribution in [0.15, 0.2) is 47.1 Å². The zero-order valence-corrected chi connectivity index (χ0v) is 11.1. The molecule has 0 aliphatic heterocycles. The molecule has 3 atom stereocenters. The minimum absolute atomic E-state index is 0.857. The lowest BCUT2D eigenvalue weighted by Crippen LogP contribution is -2.24. The van der Waals surface area contributed by atoms with E-state index in [2.05, 4.69) is 30.4 Å². The summed E-state index contributed by atoms with van der Waals surface area (Å²) in [6, 6.07) is 0. The van der Waals surface area contributed by atoms with E-state index in [1.807, 2.05) is 5.57 Å². The number of allylic oxidation sites excluding steroid dienone is 8. The maximum absolute atomic E-state index is 2.50. The topological polar surface area (TPSA) is 0 Å². The van der Waals surface area contributed by atoms with Crippen LogP contribution in [0.2, 0.25) is 0 Å². The Morgan fingerprint density at radius 1 is 1.00 bits per heavy atom. The molecule has 0 nitrogen and oxygen atoms in total. The Hall–Kier alpha value is -1.04. The van der Waals surface area contributed by atoms with Crippen LogP contribution in [-0.2, 0) is 0 Å². The van der Waals surface area contributed by atoms with Gasteiger partial charge in [0.25, 0.3) is 0 Å². The first-order chi connectivity index (χ1) is 8.92. The number of hydrogen-bond donors (Lipinski definition) is 0. The van der Waals surface area contributed by atoms with Crippen LogP contribution in [-0.4, -0.2) is 0 Å². The van der Waals surface area contributed by atoms with Gasteiger partial charge in [-0.3, -0.25) is 0 Å². The van der Waals surface area contributed by atoms with Gasteiger partial charge in [0.2, 0.25) is 0 Å². The van der Waals surface area contributed by atoms with E-state index < -0.39 is 0 Å². The maximum atomic E-state index is 2.50. The average Bonchev–Trinajstić information content (AvgIpc) is 2.99. The van der Waals surface area contributed by atoms with Gasteiger partial charge >= 0.3 is 0 Å². The molecule has 0 aromatic carbocycles. The van der Waals surface area contributed by atoms with Gasteiger partial charge in [0.15, 0.2) is 0 Å². The highest BCUT2D eigenvalue weighted by atomic mass is 14.4. The van der Waals surface area contributed by atoms with Crippen LogP contribution < -0.4 is 0 Å². The molecule has 18 heavy (non-hydrogen) atoms. The van der Waals surface area contributed by atoms with Crippen molar-refractivity contribution in [1.29, 1.82) is 0 Å². The Labute approximate surface area is 110 Å². The summed E-state index contributed by atoms with van der Waals surface area (Å²) in [6.07, 6.45) is 21.6. The van der Waals surface area contributed by atoms with Gasteiger partial charge in [0.05, 0.1) is 0 Å². The standard InChI is InChI=1S/C18H22/c1-2-5-13(6-3-1)14-9-10-16-11-15-7-4-8-17(15)18(16)12-14/h2,4-7,14,16,18H,1,3,8-12H2/t14-,16?,18?/m1/s1. The molecule has 2 unspecified atom stereocenters. The molecule has 0 aromatic rings. The lowest BCUT2D eigenvalue weighted by molar-refractivity contribution is 0.244. The second-order valence-corrected chi connectivity index (χ2v) is 6.42. The first-order valence-electron chi connectivity index (χ1n) is 7.67. The average molecular weight is 238 g/mol. The predicted octanol–water partition coefficient (Wildman–Crippen LogP) is 4.96. The molecule has 0 aromatic heterocycles. The predicted molar refractivity (Wildman–Crippen MR) is 76.2 cm³/mol. The fourth-order valence-corrected chi connectivity index (χ4v) is 4.58. The van der Waals surface area contributed by atoms with Gasteiger partial charge in [0.1, 0.15) is 0 Å². The Morgan fingerprint density at radius 3 is 2.89 bits per heavy atom. The molecular weight excluding hydrogens is 216 g/mol. The van der Waals surface area contributed by atoms with Crippen molar-refractivity contribution in [2.45, 2.75) is 44.9 Å². The first-order valence-corrected chi connectivity index (χ1v) is 7.67. The van der Waals surface area contributed by atoms with Crippen LogP contribution in [0.3, 0.4) is 0 Å². The molecule has 0 bridgehead atoms. The van der Waals surface area contributed by atoms with Crippen molar-refractivity contribution in [2.24, 2.45) is 17.8 Å². The number of hydrogen-bond acceptors (Lipinski definition) is 0. The highest BCUT2D eigenvalue weighted by molar-refractivity contribution is 5.41. The Kier molecular flexibility index (Phi) is 2.57. The van der Waals surface area contributed by atoms with E-state index in [4.69, 9.17) is 0 Å². The van der Waals surface area contributed by atoms with Crippen molar-refractivity contribution in [3.05, 3.63) is 47.1 Å². The number of fused-ring (bicyclic) bond motifs is 2. The van der Waals surface area contributed by atoms with E-state index in [9.17, 15) is 0 Å². The molecule has 0 heteroatoms. The first kappa shape index (κ1) is 10.8. The van der Waals surface area contributed by atoms with Crippen molar-refractivity contribution in [3.63, 3.8) is 0 Å². The summed E-state index contributed by atoms with van der Waals surface area (Å²) in [5.74, 6) is 2.77. The summed E-state index contributed by atoms with van der Waals surface area (Å²) in [6.45, 7) is 0. The van der Waals surface area contributed by atoms with Gasteiger partial charge in [-0.05, 0) is 73.8 Å². The summed E-state index contributed by atoms with van der Waals surface area (Å²) in [7, 11) is 0. The van der Waals surface area contributed by atoms with Crippen LogP contribution in [0.5, 0.6) is 0 Å². The highest BCUT2D eigenvalue weighted by Crippen LogP contribution is 2.52. The molecular formula is C18H22. The van der Waals surface area contributed by atoms with Crippen molar-refractivity contribution >= 4 is 0 Å². The fraction of sp³-hybridized carbons (Fsp3) is 0.556. The molecule has 94 valence electrons. The van der Waals surface area contributed by atoms with Gasteiger partial charge in [-0.2, -0.15) is 0 Å². The van der Waals surface area contributed by atoms with Gasteiger partial charge in [-0.1, -0.05) is 36.0 Å². The summed E-state index contributed by atoms with van der Waals surface area (Å²) < 4.78 is 0. The van der Waals surface area contributed by atoms with E-state index in [0.717, 1.165) is 17.8 Å². The molecule has 4 aliphatic carbocycles. The molecule has 1 fully saturated rings. The largest absolute Gasteiger partial charge is 0.0840 e. The SMILES string of the molecule is C1=CC([C@@H]2CCC3CC4=C(CC=C4)C3C2)=CCC1. The fourth-order valence-electron chi connectivity index (χ4n) is 4.58. The van der Waals surface area contributed by atoms with Crippen molar-refractivity contribution in [2.75, 3.05) is 0 Å². The third kappa shape index (κ3) is 1.66. The van der Waals surface area contributed by atoms with Gasteiger partial charge in [-0.15, -0.1) is 0 Å². The lowest BCUT2D eigenvalue weighted by Gasteiger charge is -2.34.